The molecule has 0 aromatic rings. The number of hydrogen-bond donors (Lipinski definition) is 0. The van der Waals surface area contributed by atoms with Crippen LogP contribution in [0.4, 0.5) is 17.6 Å². The molecule has 1 aliphatic carbocycles. The Morgan fingerprint density at radius 2 is 1.88 bits per heavy atom. The van der Waals surface area contributed by atoms with E-state index in [9.17, 15) is 17.6 Å². The molecule has 0 saturated heterocycles. The lowest BCUT2D eigenvalue weighted by molar-refractivity contribution is -0.385. The quantitative estimate of drug-likeness (QED) is 0.450. The molecule has 1 atom stereocenters. The van der Waals surface area contributed by atoms with E-state index in [4.69, 9.17) is 4.74 Å². The lowest BCUT2D eigenvalue weighted by Crippen LogP contribution is -2.47. The van der Waals surface area contributed by atoms with E-state index in [1.807, 2.05) is 0 Å². The average molecular weight is 305 g/mol. The number of hydrogen-bond acceptors (Lipinski definition) is 2. The number of allylic oxidation sites excluding steroid dienone is 2. The van der Waals surface area contributed by atoms with Gasteiger partial charge in [-0.2, -0.15) is 17.6 Å². The lowest BCUT2D eigenvalue weighted by atomic mass is 10.1. The highest BCUT2D eigenvalue weighted by atomic mass is 79.9. The van der Waals surface area contributed by atoms with Crippen LogP contribution in [-0.2, 0) is 9.47 Å². The minimum absolute atomic E-state index is 0.0708. The summed E-state index contributed by atoms with van der Waals surface area (Å²) in [5.41, 5.74) is 0. The van der Waals surface area contributed by atoms with Crippen molar-refractivity contribution in [2.45, 2.75) is 23.1 Å². The predicted octanol–water partition coefficient (Wildman–Crippen LogP) is 3.44. The van der Waals surface area contributed by atoms with E-state index < -0.39 is 16.7 Å². The van der Waals surface area contributed by atoms with Crippen molar-refractivity contribution in [1.82, 2.24) is 0 Å². The molecule has 1 unspecified atom stereocenters. The maximum Gasteiger partial charge on any atom is 0.432 e. The molecule has 1 aliphatic rings. The van der Waals surface area contributed by atoms with Gasteiger partial charge in [-0.25, -0.2) is 0 Å². The Morgan fingerprint density at radius 3 is 2.25 bits per heavy atom. The van der Waals surface area contributed by atoms with Crippen LogP contribution in [0, 0.1) is 0 Å². The predicted molar refractivity (Wildman–Crippen MR) is 52.5 cm³/mol. The SMILES string of the molecule is COC1(OC(F)(F)C(F)(F)Br)C=CC=CC1. The minimum atomic E-state index is -4.67. The van der Waals surface area contributed by atoms with E-state index in [1.165, 1.54) is 12.2 Å². The second-order valence-electron chi connectivity index (χ2n) is 3.12. The Bertz CT molecular complexity index is 311. The van der Waals surface area contributed by atoms with Crippen molar-refractivity contribution in [2.75, 3.05) is 7.11 Å². The first-order valence-corrected chi connectivity index (χ1v) is 5.06. The molecule has 0 aromatic carbocycles. The van der Waals surface area contributed by atoms with E-state index >= 15 is 0 Å². The number of rotatable bonds is 4. The highest BCUT2D eigenvalue weighted by Gasteiger charge is 2.59. The fraction of sp³-hybridized carbons (Fsp3) is 0.556. The van der Waals surface area contributed by atoms with Crippen molar-refractivity contribution in [3.63, 3.8) is 0 Å². The molecule has 92 valence electrons. The zero-order valence-electron chi connectivity index (χ0n) is 8.22. The van der Waals surface area contributed by atoms with Gasteiger partial charge in [-0.15, -0.1) is 0 Å². The summed E-state index contributed by atoms with van der Waals surface area (Å²) >= 11 is 1.57. The van der Waals surface area contributed by atoms with Gasteiger partial charge in [-0.1, -0.05) is 18.2 Å². The van der Waals surface area contributed by atoms with Gasteiger partial charge in [0.2, 0.25) is 0 Å². The third-order valence-electron chi connectivity index (χ3n) is 1.98. The second kappa shape index (κ2) is 4.46. The zero-order valence-corrected chi connectivity index (χ0v) is 9.81. The summed E-state index contributed by atoms with van der Waals surface area (Å²) in [6.07, 6.45) is 0.851. The molecule has 2 nitrogen and oxygen atoms in total. The van der Waals surface area contributed by atoms with Gasteiger partial charge in [0.05, 0.1) is 0 Å². The van der Waals surface area contributed by atoms with E-state index in [0.717, 1.165) is 13.2 Å². The fourth-order valence-corrected chi connectivity index (χ4v) is 1.21. The number of ether oxygens (including phenoxy) is 2. The highest BCUT2D eigenvalue weighted by Crippen LogP contribution is 2.44. The Balaban J connectivity index is 2.86. The maximum absolute atomic E-state index is 13.0. The van der Waals surface area contributed by atoms with Crippen molar-refractivity contribution in [2.24, 2.45) is 0 Å². The van der Waals surface area contributed by atoms with E-state index in [1.54, 1.807) is 22.0 Å². The molecule has 0 radical (unpaired) electrons. The van der Waals surface area contributed by atoms with Crippen LogP contribution < -0.4 is 0 Å². The summed E-state index contributed by atoms with van der Waals surface area (Å²) in [5, 5.41) is 0. The lowest BCUT2D eigenvalue weighted by Gasteiger charge is -2.34. The van der Waals surface area contributed by atoms with Crippen molar-refractivity contribution < 1.29 is 27.0 Å². The summed E-state index contributed by atoms with van der Waals surface area (Å²) in [7, 11) is 1.10. The van der Waals surface area contributed by atoms with Crippen LogP contribution in [0.15, 0.2) is 24.3 Å². The van der Waals surface area contributed by atoms with Gasteiger partial charge >= 0.3 is 10.9 Å². The first-order valence-electron chi connectivity index (χ1n) is 4.27. The molecule has 0 saturated carbocycles. The Hall–Kier alpha value is -0.400. The van der Waals surface area contributed by atoms with Crippen LogP contribution in [0.5, 0.6) is 0 Å². The van der Waals surface area contributed by atoms with Gasteiger partial charge in [0.15, 0.2) is 5.79 Å². The standard InChI is InChI=1S/C9H9BrF4O2/c1-15-7(5-3-2-4-6-7)16-9(13,14)8(10,11)12/h2-5H,6H2,1H3. The smallest absolute Gasteiger partial charge is 0.349 e. The third-order valence-corrected chi connectivity index (χ3v) is 2.44. The molecule has 0 spiro atoms. The van der Waals surface area contributed by atoms with Crippen LogP contribution >= 0.6 is 15.9 Å². The van der Waals surface area contributed by atoms with Crippen LogP contribution in [0.3, 0.4) is 0 Å². The number of halogens is 5. The molecule has 0 aromatic heterocycles. The molecule has 0 heterocycles. The molecule has 0 bridgehead atoms. The van der Waals surface area contributed by atoms with Crippen molar-refractivity contribution >= 4 is 15.9 Å². The molecule has 16 heavy (non-hydrogen) atoms. The largest absolute Gasteiger partial charge is 0.432 e. The van der Waals surface area contributed by atoms with Gasteiger partial charge < -0.3 is 4.74 Å². The summed E-state index contributed by atoms with van der Waals surface area (Å²) in [4.78, 5) is -4.46. The topological polar surface area (TPSA) is 18.5 Å². The average Bonchev–Trinajstić information content (AvgIpc) is 2.17. The van der Waals surface area contributed by atoms with Crippen LogP contribution in [0.25, 0.3) is 0 Å². The van der Waals surface area contributed by atoms with Crippen LogP contribution in [-0.4, -0.2) is 23.8 Å². The number of methoxy groups -OCH3 is 1. The molecule has 0 N–H and O–H groups in total. The zero-order chi connectivity index (χ0) is 12.4. The van der Waals surface area contributed by atoms with E-state index in [0.29, 0.717) is 0 Å². The summed E-state index contributed by atoms with van der Waals surface area (Å²) in [5.74, 6) is -1.87. The summed E-state index contributed by atoms with van der Waals surface area (Å²) in [6, 6.07) is 0. The molecular weight excluding hydrogens is 296 g/mol. The first-order chi connectivity index (χ1) is 7.22. The van der Waals surface area contributed by atoms with E-state index in [-0.39, 0.29) is 6.42 Å². The number of alkyl halides is 5. The van der Waals surface area contributed by atoms with Gasteiger partial charge in [-0.3, -0.25) is 4.74 Å². The third kappa shape index (κ3) is 2.83. The highest BCUT2D eigenvalue weighted by molar-refractivity contribution is 9.10. The summed E-state index contributed by atoms with van der Waals surface area (Å²) < 4.78 is 59.8. The maximum atomic E-state index is 13.0. The molecule has 1 rings (SSSR count). The second-order valence-corrected chi connectivity index (χ2v) is 4.12. The Morgan fingerprint density at radius 1 is 1.25 bits per heavy atom. The molecule has 7 heteroatoms. The van der Waals surface area contributed by atoms with Crippen LogP contribution in [0.2, 0.25) is 0 Å². The first kappa shape index (κ1) is 13.7. The Labute approximate surface area is 98.0 Å². The van der Waals surface area contributed by atoms with Gasteiger partial charge in [0.1, 0.15) is 0 Å². The minimum Gasteiger partial charge on any atom is -0.349 e. The summed E-state index contributed by atoms with van der Waals surface area (Å²) in [6.45, 7) is 0. The van der Waals surface area contributed by atoms with E-state index in [2.05, 4.69) is 4.74 Å². The van der Waals surface area contributed by atoms with Gasteiger partial charge in [-0.05, 0) is 6.08 Å². The van der Waals surface area contributed by atoms with Crippen molar-refractivity contribution in [3.8, 4) is 0 Å². The molecule has 0 amide bonds. The van der Waals surface area contributed by atoms with Crippen molar-refractivity contribution in [1.29, 1.82) is 0 Å². The van der Waals surface area contributed by atoms with Gasteiger partial charge in [0, 0.05) is 29.5 Å². The fourth-order valence-electron chi connectivity index (χ4n) is 1.12. The normalized spacial score (nSPS) is 26.1. The van der Waals surface area contributed by atoms with Crippen molar-refractivity contribution in [3.05, 3.63) is 24.3 Å². The van der Waals surface area contributed by atoms with Gasteiger partial charge in [0.25, 0.3) is 0 Å². The Kier molecular flexibility index (Phi) is 3.81. The monoisotopic (exact) mass is 304 g/mol. The van der Waals surface area contributed by atoms with Crippen LogP contribution in [0.1, 0.15) is 6.42 Å². The molecule has 0 aliphatic heterocycles. The molecule has 0 fully saturated rings. The molecular formula is C9H9BrF4O2.